The molecule has 2 atom stereocenters. The van der Waals surface area contributed by atoms with Crippen molar-refractivity contribution in [2.45, 2.75) is 44.8 Å². The van der Waals surface area contributed by atoms with Gasteiger partial charge in [-0.15, -0.1) is 0 Å². The lowest BCUT2D eigenvalue weighted by molar-refractivity contribution is -0.210. The van der Waals surface area contributed by atoms with Gasteiger partial charge in [-0.1, -0.05) is 18.2 Å². The standard InChI is InChI=1S/C19H25N3O3/c1-2-25-17-12-16(23)19(17)7-9-22(10-8-19)18(24)11-15-13-5-3-4-6-14(13)20-21-15/h3-6,16-17,23H,2,7-12H2,1H3,(H,20,21)/t16-,17+/m0/s1. The number of aromatic amines is 1. The van der Waals surface area contributed by atoms with Gasteiger partial charge in [-0.2, -0.15) is 5.10 Å². The number of likely N-dealkylation sites (tertiary alicyclic amines) is 1. The van der Waals surface area contributed by atoms with E-state index >= 15 is 0 Å². The van der Waals surface area contributed by atoms with Crippen LogP contribution in [0.25, 0.3) is 10.9 Å². The number of para-hydroxylation sites is 1. The first-order valence-electron chi connectivity index (χ1n) is 9.13. The number of fused-ring (bicyclic) bond motifs is 1. The van der Waals surface area contributed by atoms with E-state index in [-0.39, 0.29) is 23.5 Å². The molecule has 6 nitrogen and oxygen atoms in total. The molecule has 1 spiro atoms. The highest BCUT2D eigenvalue weighted by molar-refractivity contribution is 5.87. The Morgan fingerprint density at radius 2 is 2.16 bits per heavy atom. The van der Waals surface area contributed by atoms with E-state index in [0.29, 0.717) is 26.1 Å². The predicted molar refractivity (Wildman–Crippen MR) is 94.1 cm³/mol. The molecular weight excluding hydrogens is 318 g/mol. The van der Waals surface area contributed by atoms with Gasteiger partial charge in [0.25, 0.3) is 0 Å². The highest BCUT2D eigenvalue weighted by Gasteiger charge is 2.56. The van der Waals surface area contributed by atoms with Crippen molar-refractivity contribution in [1.29, 1.82) is 0 Å². The minimum Gasteiger partial charge on any atom is -0.392 e. The maximum Gasteiger partial charge on any atom is 0.228 e. The Bertz CT molecular complexity index is 762. The fourth-order valence-electron chi connectivity index (χ4n) is 4.40. The lowest BCUT2D eigenvalue weighted by atomic mass is 9.58. The lowest BCUT2D eigenvalue weighted by Crippen LogP contribution is -2.62. The molecule has 0 bridgehead atoms. The number of hydrogen-bond acceptors (Lipinski definition) is 4. The number of piperidine rings is 1. The number of benzene rings is 1. The quantitative estimate of drug-likeness (QED) is 0.888. The molecule has 1 aromatic carbocycles. The number of nitrogens with zero attached hydrogens (tertiary/aromatic N) is 2. The van der Waals surface area contributed by atoms with E-state index in [0.717, 1.165) is 35.9 Å². The van der Waals surface area contributed by atoms with Gasteiger partial charge >= 0.3 is 0 Å². The Morgan fingerprint density at radius 3 is 2.88 bits per heavy atom. The summed E-state index contributed by atoms with van der Waals surface area (Å²) in [5, 5.41) is 18.5. The number of ether oxygens (including phenoxy) is 1. The number of H-pyrrole nitrogens is 1. The molecule has 0 unspecified atom stereocenters. The van der Waals surface area contributed by atoms with Crippen LogP contribution in [0.2, 0.25) is 0 Å². The summed E-state index contributed by atoms with van der Waals surface area (Å²) in [7, 11) is 0. The first-order chi connectivity index (χ1) is 12.1. The molecule has 1 aliphatic carbocycles. The Labute approximate surface area is 147 Å². The van der Waals surface area contributed by atoms with Gasteiger partial charge in [0, 0.05) is 36.9 Å². The summed E-state index contributed by atoms with van der Waals surface area (Å²) in [6.07, 6.45) is 2.54. The fraction of sp³-hybridized carbons (Fsp3) is 0.579. The first kappa shape index (κ1) is 16.5. The highest BCUT2D eigenvalue weighted by atomic mass is 16.5. The Balaban J connectivity index is 1.40. The second-order valence-electron chi connectivity index (χ2n) is 7.21. The molecule has 134 valence electrons. The van der Waals surface area contributed by atoms with E-state index in [1.807, 2.05) is 36.1 Å². The average molecular weight is 343 g/mol. The number of amides is 1. The van der Waals surface area contributed by atoms with E-state index in [1.54, 1.807) is 0 Å². The van der Waals surface area contributed by atoms with E-state index in [9.17, 15) is 9.90 Å². The van der Waals surface area contributed by atoms with Crippen LogP contribution < -0.4 is 0 Å². The topological polar surface area (TPSA) is 78.5 Å². The molecule has 2 fully saturated rings. The number of hydrogen-bond donors (Lipinski definition) is 2. The van der Waals surface area contributed by atoms with E-state index in [4.69, 9.17) is 4.74 Å². The molecule has 1 aromatic heterocycles. The number of rotatable bonds is 4. The zero-order valence-corrected chi connectivity index (χ0v) is 14.6. The molecule has 25 heavy (non-hydrogen) atoms. The minimum atomic E-state index is -0.294. The summed E-state index contributed by atoms with van der Waals surface area (Å²) in [6.45, 7) is 4.04. The Hall–Kier alpha value is -1.92. The number of aliphatic hydroxyl groups is 1. The molecule has 2 aliphatic rings. The summed E-state index contributed by atoms with van der Waals surface area (Å²) in [6, 6.07) is 7.83. The summed E-state index contributed by atoms with van der Waals surface area (Å²) >= 11 is 0. The van der Waals surface area contributed by atoms with Gasteiger partial charge in [0.2, 0.25) is 5.91 Å². The SMILES string of the molecule is CCO[C@@H]1C[C@H](O)C12CCN(C(=O)Cc1[nH]nc3ccccc13)CC2. The molecule has 1 amide bonds. The third-order valence-electron chi connectivity index (χ3n) is 6.03. The Morgan fingerprint density at radius 1 is 1.40 bits per heavy atom. The predicted octanol–water partition coefficient (Wildman–Crippen LogP) is 1.88. The van der Waals surface area contributed by atoms with E-state index < -0.39 is 0 Å². The molecule has 2 N–H and O–H groups in total. The first-order valence-corrected chi connectivity index (χ1v) is 9.13. The Kier molecular flexibility index (Phi) is 4.25. The average Bonchev–Trinajstić information content (AvgIpc) is 3.05. The molecule has 1 saturated carbocycles. The van der Waals surface area contributed by atoms with Crippen LogP contribution in [0.1, 0.15) is 31.9 Å². The molecule has 1 saturated heterocycles. The van der Waals surface area contributed by atoms with Gasteiger partial charge in [0.15, 0.2) is 0 Å². The van der Waals surface area contributed by atoms with Crippen LogP contribution in [0.3, 0.4) is 0 Å². The van der Waals surface area contributed by atoms with Crippen molar-refractivity contribution in [3.8, 4) is 0 Å². The smallest absolute Gasteiger partial charge is 0.228 e. The molecule has 4 rings (SSSR count). The van der Waals surface area contributed by atoms with Crippen molar-refractivity contribution in [2.24, 2.45) is 5.41 Å². The zero-order valence-electron chi connectivity index (χ0n) is 14.6. The van der Waals surface area contributed by atoms with Crippen molar-refractivity contribution in [1.82, 2.24) is 15.1 Å². The van der Waals surface area contributed by atoms with Gasteiger partial charge in [-0.05, 0) is 25.8 Å². The summed E-state index contributed by atoms with van der Waals surface area (Å²) in [5.74, 6) is 0.117. The molecule has 1 aliphatic heterocycles. The number of nitrogens with one attached hydrogen (secondary N) is 1. The lowest BCUT2D eigenvalue weighted by Gasteiger charge is -2.56. The van der Waals surface area contributed by atoms with Crippen LogP contribution in [0, 0.1) is 5.41 Å². The third kappa shape index (κ3) is 2.73. The van der Waals surface area contributed by atoms with Crippen LogP contribution >= 0.6 is 0 Å². The van der Waals surface area contributed by atoms with Crippen molar-refractivity contribution < 1.29 is 14.6 Å². The van der Waals surface area contributed by atoms with Crippen LogP contribution in [0.4, 0.5) is 0 Å². The summed E-state index contributed by atoms with van der Waals surface area (Å²) in [4.78, 5) is 14.6. The van der Waals surface area contributed by atoms with Crippen LogP contribution in [-0.2, 0) is 16.0 Å². The molecule has 0 radical (unpaired) electrons. The van der Waals surface area contributed by atoms with Gasteiger partial charge in [-0.25, -0.2) is 0 Å². The van der Waals surface area contributed by atoms with E-state index in [1.165, 1.54) is 0 Å². The molecule has 2 heterocycles. The fourth-order valence-corrected chi connectivity index (χ4v) is 4.40. The zero-order chi connectivity index (χ0) is 17.4. The second kappa shape index (κ2) is 6.42. The van der Waals surface area contributed by atoms with Crippen molar-refractivity contribution in [3.63, 3.8) is 0 Å². The largest absolute Gasteiger partial charge is 0.392 e. The molecule has 2 aromatic rings. The van der Waals surface area contributed by atoms with E-state index in [2.05, 4.69) is 10.2 Å². The summed E-state index contributed by atoms with van der Waals surface area (Å²) < 4.78 is 5.79. The number of aromatic nitrogens is 2. The monoisotopic (exact) mass is 343 g/mol. The minimum absolute atomic E-state index is 0.117. The number of aliphatic hydroxyl groups excluding tert-OH is 1. The van der Waals surface area contributed by atoms with Gasteiger partial charge in [0.1, 0.15) is 0 Å². The number of carbonyl (C=O) groups is 1. The van der Waals surface area contributed by atoms with Crippen LogP contribution in [0.15, 0.2) is 24.3 Å². The normalized spacial score (nSPS) is 25.3. The van der Waals surface area contributed by atoms with Crippen LogP contribution in [-0.4, -0.2) is 58.0 Å². The summed E-state index contributed by atoms with van der Waals surface area (Å²) in [5.41, 5.74) is 1.62. The second-order valence-corrected chi connectivity index (χ2v) is 7.21. The van der Waals surface area contributed by atoms with Gasteiger partial charge < -0.3 is 14.7 Å². The van der Waals surface area contributed by atoms with Gasteiger partial charge in [-0.3, -0.25) is 9.89 Å². The van der Waals surface area contributed by atoms with Crippen molar-refractivity contribution in [3.05, 3.63) is 30.0 Å². The van der Waals surface area contributed by atoms with Crippen LogP contribution in [0.5, 0.6) is 0 Å². The number of carbonyl (C=O) groups excluding carboxylic acids is 1. The van der Waals surface area contributed by atoms with Crippen molar-refractivity contribution in [2.75, 3.05) is 19.7 Å². The maximum atomic E-state index is 12.7. The highest BCUT2D eigenvalue weighted by Crippen LogP contribution is 2.50. The molecular formula is C19H25N3O3. The molecule has 6 heteroatoms. The third-order valence-corrected chi connectivity index (χ3v) is 6.03. The van der Waals surface area contributed by atoms with Crippen molar-refractivity contribution >= 4 is 16.8 Å². The van der Waals surface area contributed by atoms with Gasteiger partial charge in [0.05, 0.1) is 29.8 Å². The maximum absolute atomic E-state index is 12.7.